The van der Waals surface area contributed by atoms with Gasteiger partial charge in [0.1, 0.15) is 6.61 Å². The Morgan fingerprint density at radius 1 is 1.25 bits per heavy atom. The number of hydrogen-bond donors (Lipinski definition) is 1. The van der Waals surface area contributed by atoms with Crippen molar-refractivity contribution in [2.45, 2.75) is 45.6 Å². The zero-order valence-corrected chi connectivity index (χ0v) is 14.6. The van der Waals surface area contributed by atoms with Crippen LogP contribution in [0.4, 0.5) is 0 Å². The fraction of sp³-hybridized carbons (Fsp3) is 0.579. The first-order valence-corrected chi connectivity index (χ1v) is 8.89. The number of esters is 1. The van der Waals surface area contributed by atoms with Gasteiger partial charge >= 0.3 is 5.97 Å². The van der Waals surface area contributed by atoms with Gasteiger partial charge in [0, 0.05) is 26.1 Å². The van der Waals surface area contributed by atoms with Gasteiger partial charge in [-0.25, -0.2) is 0 Å². The van der Waals surface area contributed by atoms with Crippen molar-refractivity contribution >= 4 is 11.9 Å². The number of hydrogen-bond acceptors (Lipinski definition) is 3. The van der Waals surface area contributed by atoms with E-state index in [0.29, 0.717) is 25.5 Å². The standard InChI is InChI=1S/C19H29N3O2/c1-16-10-13-22(14-11-16)19(20)21-12-6-5-9-18(23)24-15-17-7-3-2-4-8-17/h2-4,7-8,16H,5-6,9-15H2,1H3,(H2,20,21). The number of ether oxygens (including phenoxy) is 1. The van der Waals surface area contributed by atoms with Crippen LogP contribution in [0.2, 0.25) is 0 Å². The van der Waals surface area contributed by atoms with E-state index in [-0.39, 0.29) is 5.97 Å². The maximum atomic E-state index is 11.7. The number of unbranched alkanes of at least 4 members (excludes halogenated alkanes) is 1. The Morgan fingerprint density at radius 3 is 2.67 bits per heavy atom. The lowest BCUT2D eigenvalue weighted by molar-refractivity contribution is -0.145. The lowest BCUT2D eigenvalue weighted by Crippen LogP contribution is -2.42. The maximum Gasteiger partial charge on any atom is 0.306 e. The molecule has 0 unspecified atom stereocenters. The predicted molar refractivity (Wildman–Crippen MR) is 96.5 cm³/mol. The fourth-order valence-electron chi connectivity index (χ4n) is 2.72. The number of rotatable bonds is 7. The SMILES string of the molecule is CC1CCN(C(N)=NCCCCC(=O)OCc2ccccc2)CC1. The minimum Gasteiger partial charge on any atom is -0.461 e. The van der Waals surface area contributed by atoms with Crippen molar-refractivity contribution in [1.82, 2.24) is 4.90 Å². The third kappa shape index (κ3) is 6.60. The minimum atomic E-state index is -0.152. The van der Waals surface area contributed by atoms with Gasteiger partial charge in [0.25, 0.3) is 0 Å². The molecule has 5 heteroatoms. The fourth-order valence-corrected chi connectivity index (χ4v) is 2.72. The van der Waals surface area contributed by atoms with Gasteiger partial charge in [0.2, 0.25) is 0 Å². The summed E-state index contributed by atoms with van der Waals surface area (Å²) in [5.41, 5.74) is 7.05. The van der Waals surface area contributed by atoms with Gasteiger partial charge in [-0.1, -0.05) is 37.3 Å². The molecule has 0 aromatic heterocycles. The van der Waals surface area contributed by atoms with Crippen LogP contribution < -0.4 is 5.73 Å². The minimum absolute atomic E-state index is 0.152. The normalized spacial score (nSPS) is 16.2. The number of piperidine rings is 1. The summed E-state index contributed by atoms with van der Waals surface area (Å²) in [5.74, 6) is 1.28. The molecule has 1 aliphatic heterocycles. The molecule has 5 nitrogen and oxygen atoms in total. The molecule has 0 spiro atoms. The molecule has 0 radical (unpaired) electrons. The summed E-state index contributed by atoms with van der Waals surface area (Å²) in [6.45, 7) is 5.30. The molecule has 0 bridgehead atoms. The number of guanidine groups is 1. The van der Waals surface area contributed by atoms with E-state index in [9.17, 15) is 4.79 Å². The van der Waals surface area contributed by atoms with E-state index in [2.05, 4.69) is 16.8 Å². The van der Waals surface area contributed by atoms with Crippen LogP contribution in [0.5, 0.6) is 0 Å². The zero-order chi connectivity index (χ0) is 17.2. The summed E-state index contributed by atoms with van der Waals surface area (Å²) in [6.07, 6.45) is 4.43. The topological polar surface area (TPSA) is 67.9 Å². The molecule has 0 aliphatic carbocycles. The van der Waals surface area contributed by atoms with Crippen molar-refractivity contribution in [2.75, 3.05) is 19.6 Å². The molecule has 1 heterocycles. The molecule has 1 aliphatic rings. The van der Waals surface area contributed by atoms with Crippen LogP contribution in [0.1, 0.15) is 44.6 Å². The first kappa shape index (κ1) is 18.3. The first-order valence-electron chi connectivity index (χ1n) is 8.89. The Hall–Kier alpha value is -2.04. The highest BCUT2D eigenvalue weighted by molar-refractivity contribution is 5.78. The van der Waals surface area contributed by atoms with Crippen LogP contribution in [0.3, 0.4) is 0 Å². The Morgan fingerprint density at radius 2 is 1.96 bits per heavy atom. The second-order valence-electron chi connectivity index (χ2n) is 6.51. The second-order valence-corrected chi connectivity index (χ2v) is 6.51. The van der Waals surface area contributed by atoms with Gasteiger partial charge in [-0.15, -0.1) is 0 Å². The van der Waals surface area contributed by atoms with E-state index in [4.69, 9.17) is 10.5 Å². The summed E-state index contributed by atoms with van der Waals surface area (Å²) >= 11 is 0. The molecule has 1 aromatic rings. The summed E-state index contributed by atoms with van der Waals surface area (Å²) in [7, 11) is 0. The Bertz CT molecular complexity index is 523. The molecule has 2 N–H and O–H groups in total. The quantitative estimate of drug-likeness (QED) is 0.361. The van der Waals surface area contributed by atoms with Crippen LogP contribution in [-0.4, -0.2) is 36.5 Å². The van der Waals surface area contributed by atoms with Gasteiger partial charge in [0.15, 0.2) is 5.96 Å². The number of carbonyl (C=O) groups excluding carboxylic acids is 1. The molecule has 24 heavy (non-hydrogen) atoms. The van der Waals surface area contributed by atoms with E-state index < -0.39 is 0 Å². The van der Waals surface area contributed by atoms with Gasteiger partial charge in [-0.05, 0) is 37.2 Å². The maximum absolute atomic E-state index is 11.7. The number of nitrogens with two attached hydrogens (primary N) is 1. The smallest absolute Gasteiger partial charge is 0.306 e. The summed E-state index contributed by atoms with van der Waals surface area (Å²) in [5, 5.41) is 0. The molecule has 0 atom stereocenters. The van der Waals surface area contributed by atoms with E-state index >= 15 is 0 Å². The Labute approximate surface area is 144 Å². The molecule has 2 rings (SSSR count). The number of benzene rings is 1. The Balaban J connectivity index is 1.55. The van der Waals surface area contributed by atoms with Crippen LogP contribution in [0.25, 0.3) is 0 Å². The first-order chi connectivity index (χ1) is 11.6. The number of aliphatic imine (C=N–C) groups is 1. The lowest BCUT2D eigenvalue weighted by Gasteiger charge is -2.31. The largest absolute Gasteiger partial charge is 0.461 e. The van der Waals surface area contributed by atoms with Crippen LogP contribution in [0, 0.1) is 5.92 Å². The average Bonchev–Trinajstić information content (AvgIpc) is 2.61. The molecule has 0 amide bonds. The van der Waals surface area contributed by atoms with Crippen molar-refractivity contribution in [2.24, 2.45) is 16.6 Å². The van der Waals surface area contributed by atoms with E-state index in [1.165, 1.54) is 12.8 Å². The van der Waals surface area contributed by atoms with Gasteiger partial charge in [0.05, 0.1) is 0 Å². The highest BCUT2D eigenvalue weighted by Gasteiger charge is 2.16. The van der Waals surface area contributed by atoms with Crippen molar-refractivity contribution in [3.63, 3.8) is 0 Å². The lowest BCUT2D eigenvalue weighted by atomic mass is 10.00. The van der Waals surface area contributed by atoms with Gasteiger partial charge in [-0.3, -0.25) is 9.79 Å². The van der Waals surface area contributed by atoms with Crippen molar-refractivity contribution in [3.8, 4) is 0 Å². The van der Waals surface area contributed by atoms with E-state index in [0.717, 1.165) is 37.4 Å². The van der Waals surface area contributed by atoms with E-state index in [1.54, 1.807) is 0 Å². The highest BCUT2D eigenvalue weighted by Crippen LogP contribution is 2.15. The third-order valence-electron chi connectivity index (χ3n) is 4.41. The molecule has 1 aromatic carbocycles. The van der Waals surface area contributed by atoms with Crippen LogP contribution >= 0.6 is 0 Å². The molecule has 132 valence electrons. The molecular weight excluding hydrogens is 302 g/mol. The number of carbonyl (C=O) groups is 1. The Kier molecular flexibility index (Phi) is 7.59. The number of nitrogens with zero attached hydrogens (tertiary/aromatic N) is 2. The third-order valence-corrected chi connectivity index (χ3v) is 4.41. The predicted octanol–water partition coefficient (Wildman–Crippen LogP) is 2.95. The molecule has 1 saturated heterocycles. The second kappa shape index (κ2) is 9.96. The summed E-state index contributed by atoms with van der Waals surface area (Å²) in [4.78, 5) is 18.3. The van der Waals surface area contributed by atoms with Crippen LogP contribution in [0.15, 0.2) is 35.3 Å². The van der Waals surface area contributed by atoms with Crippen molar-refractivity contribution in [1.29, 1.82) is 0 Å². The highest BCUT2D eigenvalue weighted by atomic mass is 16.5. The van der Waals surface area contributed by atoms with Gasteiger partial charge < -0.3 is 15.4 Å². The van der Waals surface area contributed by atoms with E-state index in [1.807, 2.05) is 30.3 Å². The summed E-state index contributed by atoms with van der Waals surface area (Å²) < 4.78 is 5.25. The average molecular weight is 331 g/mol. The van der Waals surface area contributed by atoms with Crippen LogP contribution in [-0.2, 0) is 16.1 Å². The molecular formula is C19H29N3O2. The monoisotopic (exact) mass is 331 g/mol. The molecule has 0 saturated carbocycles. The zero-order valence-electron chi connectivity index (χ0n) is 14.6. The van der Waals surface area contributed by atoms with Crippen molar-refractivity contribution in [3.05, 3.63) is 35.9 Å². The molecule has 1 fully saturated rings. The van der Waals surface area contributed by atoms with Gasteiger partial charge in [-0.2, -0.15) is 0 Å². The number of likely N-dealkylation sites (tertiary alicyclic amines) is 1. The summed E-state index contributed by atoms with van der Waals surface area (Å²) in [6, 6.07) is 9.73. The van der Waals surface area contributed by atoms with Crippen molar-refractivity contribution < 1.29 is 9.53 Å².